The summed E-state index contributed by atoms with van der Waals surface area (Å²) in [5.41, 5.74) is 5.41. The Balaban J connectivity index is 1.94. The molecule has 1 aliphatic carbocycles. The zero-order valence-electron chi connectivity index (χ0n) is 7.14. The Morgan fingerprint density at radius 2 is 2.31 bits per heavy atom. The summed E-state index contributed by atoms with van der Waals surface area (Å²) in [6.07, 6.45) is 3.02. The molecule has 1 fully saturated rings. The fourth-order valence-corrected chi connectivity index (χ4v) is 1.37. The number of aromatic nitrogens is 2. The molecule has 0 saturated heterocycles. The molecule has 70 valence electrons. The second-order valence-electron chi connectivity index (χ2n) is 3.27. The molecule has 5 nitrogen and oxygen atoms in total. The van der Waals surface area contributed by atoms with Crippen molar-refractivity contribution in [1.29, 1.82) is 0 Å². The minimum absolute atomic E-state index is 0.156. The molecule has 0 amide bonds. The van der Waals surface area contributed by atoms with Crippen molar-refractivity contribution in [3.63, 3.8) is 0 Å². The van der Waals surface area contributed by atoms with Gasteiger partial charge in [-0.25, -0.2) is 4.98 Å². The molecule has 2 rings (SSSR count). The van der Waals surface area contributed by atoms with Crippen molar-refractivity contribution in [3.8, 4) is 0 Å². The van der Waals surface area contributed by atoms with Gasteiger partial charge in [-0.1, -0.05) is 0 Å². The van der Waals surface area contributed by atoms with Gasteiger partial charge in [-0.3, -0.25) is 0 Å². The first kappa shape index (κ1) is 8.25. The van der Waals surface area contributed by atoms with Crippen molar-refractivity contribution in [3.05, 3.63) is 12.3 Å². The average Bonchev–Trinajstić information content (AvgIpc) is 2.01. The lowest BCUT2D eigenvalue weighted by molar-refractivity contribution is 0.0835. The molecule has 0 aromatic carbocycles. The second-order valence-corrected chi connectivity index (χ2v) is 3.27. The third-order valence-electron chi connectivity index (χ3n) is 2.14. The highest BCUT2D eigenvalue weighted by atomic mass is 16.3. The van der Waals surface area contributed by atoms with E-state index in [1.54, 1.807) is 12.3 Å². The van der Waals surface area contributed by atoms with Crippen LogP contribution >= 0.6 is 0 Å². The first-order valence-corrected chi connectivity index (χ1v) is 4.27. The Morgan fingerprint density at radius 3 is 2.92 bits per heavy atom. The minimum atomic E-state index is -0.156. The monoisotopic (exact) mass is 180 g/mol. The number of nitrogens with one attached hydrogen (secondary N) is 1. The average molecular weight is 180 g/mol. The Kier molecular flexibility index (Phi) is 2.02. The van der Waals surface area contributed by atoms with Gasteiger partial charge < -0.3 is 16.2 Å². The van der Waals surface area contributed by atoms with Crippen molar-refractivity contribution in [2.45, 2.75) is 25.0 Å². The zero-order valence-corrected chi connectivity index (χ0v) is 7.14. The molecule has 1 heterocycles. The highest BCUT2D eigenvalue weighted by Gasteiger charge is 2.26. The van der Waals surface area contributed by atoms with Gasteiger partial charge in [0.15, 0.2) is 0 Å². The van der Waals surface area contributed by atoms with E-state index in [1.807, 2.05) is 0 Å². The van der Waals surface area contributed by atoms with Gasteiger partial charge in [0.05, 0.1) is 6.10 Å². The fourth-order valence-electron chi connectivity index (χ4n) is 1.37. The third-order valence-corrected chi connectivity index (χ3v) is 2.14. The molecular weight excluding hydrogens is 168 g/mol. The van der Waals surface area contributed by atoms with E-state index in [-0.39, 0.29) is 12.1 Å². The van der Waals surface area contributed by atoms with Crippen LogP contribution in [0.15, 0.2) is 12.3 Å². The summed E-state index contributed by atoms with van der Waals surface area (Å²) in [5.74, 6) is 0.995. The zero-order chi connectivity index (χ0) is 9.26. The second kappa shape index (κ2) is 3.18. The van der Waals surface area contributed by atoms with Crippen molar-refractivity contribution < 1.29 is 5.11 Å². The highest BCUT2D eigenvalue weighted by molar-refractivity contribution is 5.38. The van der Waals surface area contributed by atoms with Gasteiger partial charge in [0, 0.05) is 12.2 Å². The van der Waals surface area contributed by atoms with Gasteiger partial charge >= 0.3 is 0 Å². The smallest absolute Gasteiger partial charge is 0.221 e. The number of hydrogen-bond acceptors (Lipinski definition) is 5. The summed E-state index contributed by atoms with van der Waals surface area (Å²) in [4.78, 5) is 7.78. The van der Waals surface area contributed by atoms with Crippen LogP contribution in [0, 0.1) is 0 Å². The van der Waals surface area contributed by atoms with Crippen LogP contribution in [0.2, 0.25) is 0 Å². The maximum Gasteiger partial charge on any atom is 0.221 e. The lowest BCUT2D eigenvalue weighted by Crippen LogP contribution is -2.39. The van der Waals surface area contributed by atoms with Crippen LogP contribution in [0.1, 0.15) is 12.8 Å². The van der Waals surface area contributed by atoms with E-state index in [2.05, 4.69) is 15.3 Å². The molecule has 0 aliphatic heterocycles. The van der Waals surface area contributed by atoms with E-state index in [1.165, 1.54) is 0 Å². The molecule has 1 aromatic rings. The van der Waals surface area contributed by atoms with E-state index in [0.29, 0.717) is 6.04 Å². The summed E-state index contributed by atoms with van der Waals surface area (Å²) in [7, 11) is 0. The number of nitrogens with two attached hydrogens (primary N) is 1. The van der Waals surface area contributed by atoms with E-state index in [9.17, 15) is 0 Å². The van der Waals surface area contributed by atoms with Crippen LogP contribution in [0.4, 0.5) is 11.8 Å². The molecular formula is C8H12N4O. The summed E-state index contributed by atoms with van der Waals surface area (Å²) in [6.45, 7) is 0. The Bertz CT molecular complexity index is 298. The number of anilines is 2. The molecule has 4 N–H and O–H groups in total. The first-order valence-electron chi connectivity index (χ1n) is 4.27. The largest absolute Gasteiger partial charge is 0.393 e. The van der Waals surface area contributed by atoms with E-state index >= 15 is 0 Å². The van der Waals surface area contributed by atoms with E-state index < -0.39 is 0 Å². The lowest BCUT2D eigenvalue weighted by Gasteiger charge is -2.32. The molecule has 0 unspecified atom stereocenters. The van der Waals surface area contributed by atoms with Crippen LogP contribution < -0.4 is 11.1 Å². The topological polar surface area (TPSA) is 84.1 Å². The molecule has 0 radical (unpaired) electrons. The van der Waals surface area contributed by atoms with Crippen LogP contribution in [-0.2, 0) is 0 Å². The van der Waals surface area contributed by atoms with Gasteiger partial charge in [0.1, 0.15) is 5.82 Å². The molecule has 0 spiro atoms. The Hall–Kier alpha value is -1.36. The molecule has 1 saturated carbocycles. The fraction of sp³-hybridized carbons (Fsp3) is 0.500. The quantitative estimate of drug-likeness (QED) is 0.596. The number of rotatable bonds is 2. The molecule has 0 bridgehead atoms. The molecule has 13 heavy (non-hydrogen) atoms. The Labute approximate surface area is 76.0 Å². The maximum atomic E-state index is 9.05. The van der Waals surface area contributed by atoms with Crippen molar-refractivity contribution in [1.82, 2.24) is 9.97 Å². The molecule has 5 heteroatoms. The molecule has 0 atom stereocenters. The standard InChI is InChI=1S/C8H12N4O/c9-8-10-2-1-7(12-8)11-5-3-6(13)4-5/h1-2,5-6,13H,3-4H2,(H3,9,10,11,12)/t5-,6+. The lowest BCUT2D eigenvalue weighted by atomic mass is 9.89. The number of aliphatic hydroxyl groups is 1. The predicted molar refractivity (Wildman–Crippen MR) is 49.1 cm³/mol. The maximum absolute atomic E-state index is 9.05. The number of nitrogens with zero attached hydrogens (tertiary/aromatic N) is 2. The van der Waals surface area contributed by atoms with Crippen LogP contribution in [0.5, 0.6) is 0 Å². The normalized spacial score (nSPS) is 26.5. The van der Waals surface area contributed by atoms with Crippen molar-refractivity contribution in [2.75, 3.05) is 11.1 Å². The minimum Gasteiger partial charge on any atom is -0.393 e. The van der Waals surface area contributed by atoms with Gasteiger partial charge in [0.2, 0.25) is 5.95 Å². The molecule has 1 aromatic heterocycles. The Morgan fingerprint density at radius 1 is 1.54 bits per heavy atom. The summed E-state index contributed by atoms with van der Waals surface area (Å²) >= 11 is 0. The third kappa shape index (κ3) is 1.86. The van der Waals surface area contributed by atoms with Crippen molar-refractivity contribution in [2.24, 2.45) is 0 Å². The summed E-state index contributed by atoms with van der Waals surface area (Å²) in [5, 5.41) is 12.2. The first-order chi connectivity index (χ1) is 6.24. The predicted octanol–water partition coefficient (Wildman–Crippen LogP) is -0.00600. The van der Waals surface area contributed by atoms with Crippen LogP contribution in [0.3, 0.4) is 0 Å². The summed E-state index contributed by atoms with van der Waals surface area (Å²) in [6, 6.07) is 2.09. The van der Waals surface area contributed by atoms with Gasteiger partial charge in [-0.05, 0) is 18.9 Å². The number of nitrogen functional groups attached to an aromatic ring is 1. The van der Waals surface area contributed by atoms with Gasteiger partial charge in [-0.2, -0.15) is 4.98 Å². The van der Waals surface area contributed by atoms with E-state index in [0.717, 1.165) is 18.7 Å². The van der Waals surface area contributed by atoms with Crippen LogP contribution in [0.25, 0.3) is 0 Å². The number of aliphatic hydroxyl groups excluding tert-OH is 1. The van der Waals surface area contributed by atoms with Crippen molar-refractivity contribution >= 4 is 11.8 Å². The summed E-state index contributed by atoms with van der Waals surface area (Å²) < 4.78 is 0. The van der Waals surface area contributed by atoms with Crippen LogP contribution in [-0.4, -0.2) is 27.2 Å². The van der Waals surface area contributed by atoms with E-state index in [4.69, 9.17) is 10.8 Å². The molecule has 1 aliphatic rings. The highest BCUT2D eigenvalue weighted by Crippen LogP contribution is 2.22. The SMILES string of the molecule is Nc1nccc(N[C@H]2C[C@@H](O)C2)n1. The van der Waals surface area contributed by atoms with Gasteiger partial charge in [0.25, 0.3) is 0 Å². The number of hydrogen-bond donors (Lipinski definition) is 3. The van der Waals surface area contributed by atoms with Gasteiger partial charge in [-0.15, -0.1) is 0 Å².